The molecule has 1 amide bonds. The van der Waals surface area contributed by atoms with Crippen LogP contribution in [-0.4, -0.2) is 27.7 Å². The Kier molecular flexibility index (Phi) is 6.42. The minimum absolute atomic E-state index is 0.0760. The van der Waals surface area contributed by atoms with Crippen molar-refractivity contribution < 1.29 is 28.9 Å². The van der Waals surface area contributed by atoms with Gasteiger partial charge < -0.3 is 20.3 Å². The van der Waals surface area contributed by atoms with Crippen LogP contribution in [0.4, 0.5) is 10.1 Å². The highest BCUT2D eigenvalue weighted by atomic mass is 19.1. The average molecular weight is 470 g/mol. The molecule has 4 rings (SSSR count). The number of anilines is 1. The largest absolute Gasteiger partial charge is 0.508 e. The number of aromatic hydroxyl groups is 1. The van der Waals surface area contributed by atoms with E-state index >= 15 is 0 Å². The van der Waals surface area contributed by atoms with Gasteiger partial charge in [0.15, 0.2) is 0 Å². The van der Waals surface area contributed by atoms with Crippen LogP contribution in [-0.2, 0) is 21.6 Å². The quantitative estimate of drug-likeness (QED) is 0.514. The molecular formula is C27H32FNO5. The molecule has 2 aliphatic rings. The van der Waals surface area contributed by atoms with Crippen LogP contribution in [0.3, 0.4) is 0 Å². The number of hydrogen-bond acceptors (Lipinski definition) is 5. The van der Waals surface area contributed by atoms with E-state index in [4.69, 9.17) is 4.74 Å². The Balaban J connectivity index is 1.70. The van der Waals surface area contributed by atoms with E-state index in [-0.39, 0.29) is 18.3 Å². The molecule has 1 aliphatic carbocycles. The van der Waals surface area contributed by atoms with E-state index < -0.39 is 34.6 Å². The number of carbonyl (C=O) groups is 2. The second-order valence-electron chi connectivity index (χ2n) is 10.2. The Labute approximate surface area is 199 Å². The second kappa shape index (κ2) is 9.02. The third kappa shape index (κ3) is 4.17. The van der Waals surface area contributed by atoms with Crippen molar-refractivity contribution in [2.45, 2.75) is 70.5 Å². The number of benzene rings is 2. The smallest absolute Gasteiger partial charge is 0.338 e. The number of cyclic esters (lactones) is 1. The first-order valence-electron chi connectivity index (χ1n) is 11.9. The van der Waals surface area contributed by atoms with E-state index in [9.17, 15) is 24.2 Å². The molecule has 182 valence electrons. The van der Waals surface area contributed by atoms with Crippen LogP contribution in [0.25, 0.3) is 0 Å². The van der Waals surface area contributed by atoms with Crippen LogP contribution in [0.5, 0.6) is 5.75 Å². The number of nitrogens with one attached hydrogen (secondary N) is 1. The van der Waals surface area contributed by atoms with Crippen molar-refractivity contribution in [1.29, 1.82) is 0 Å². The van der Waals surface area contributed by atoms with Gasteiger partial charge in [0, 0.05) is 22.7 Å². The molecule has 1 fully saturated rings. The van der Waals surface area contributed by atoms with Crippen LogP contribution in [0, 0.1) is 17.7 Å². The van der Waals surface area contributed by atoms with Gasteiger partial charge in [0.25, 0.3) is 5.91 Å². The predicted octanol–water partition coefficient (Wildman–Crippen LogP) is 5.07. The molecule has 1 aliphatic heterocycles. The monoisotopic (exact) mass is 469 g/mol. The Hall–Kier alpha value is -2.93. The highest BCUT2D eigenvalue weighted by Gasteiger charge is 2.54. The number of carbonyl (C=O) groups excluding carboxylic acids is 2. The minimum atomic E-state index is -1.77. The van der Waals surface area contributed by atoms with Gasteiger partial charge in [0.05, 0.1) is 5.56 Å². The fourth-order valence-corrected chi connectivity index (χ4v) is 5.53. The SMILES string of the molecule is CC(C(C)(C)c1cc(F)ccc1O)C(O)(C(=O)Nc1ccc2c(c1)COC2=O)C1CCCCC1. The van der Waals surface area contributed by atoms with Crippen molar-refractivity contribution in [3.05, 3.63) is 58.9 Å². The first-order chi connectivity index (χ1) is 16.0. The van der Waals surface area contributed by atoms with Crippen LogP contribution in [0.1, 0.15) is 74.4 Å². The zero-order valence-corrected chi connectivity index (χ0v) is 19.9. The molecule has 1 saturated carbocycles. The standard InChI is InChI=1S/C27H32FNO5/c1-16(26(2,3)22-14-19(28)9-12-23(22)30)27(33,18-7-5-4-6-8-18)25(32)29-20-10-11-21-17(13-20)15-34-24(21)31/h9-14,16,18,30,33H,4-8,15H2,1-3H3,(H,29,32). The number of phenols is 1. The van der Waals surface area contributed by atoms with Crippen molar-refractivity contribution >= 4 is 17.6 Å². The van der Waals surface area contributed by atoms with Gasteiger partial charge >= 0.3 is 5.97 Å². The zero-order valence-electron chi connectivity index (χ0n) is 19.9. The second-order valence-corrected chi connectivity index (χ2v) is 10.2. The molecule has 2 atom stereocenters. The zero-order chi connectivity index (χ0) is 24.7. The number of ether oxygens (including phenoxy) is 1. The molecule has 34 heavy (non-hydrogen) atoms. The van der Waals surface area contributed by atoms with Gasteiger partial charge in [-0.15, -0.1) is 0 Å². The lowest BCUT2D eigenvalue weighted by Gasteiger charge is -2.47. The van der Waals surface area contributed by atoms with Crippen molar-refractivity contribution in [3.63, 3.8) is 0 Å². The Morgan fingerprint density at radius 2 is 1.85 bits per heavy atom. The summed E-state index contributed by atoms with van der Waals surface area (Å²) in [5.74, 6) is -2.44. The third-order valence-electron chi connectivity index (χ3n) is 7.93. The van der Waals surface area contributed by atoms with Gasteiger partial charge in [-0.1, -0.05) is 40.0 Å². The summed E-state index contributed by atoms with van der Waals surface area (Å²) in [6, 6.07) is 8.67. The molecule has 1 heterocycles. The van der Waals surface area contributed by atoms with E-state index in [1.807, 2.05) is 13.8 Å². The summed E-state index contributed by atoms with van der Waals surface area (Å²) in [5.41, 5.74) is -0.731. The van der Waals surface area contributed by atoms with E-state index in [0.717, 1.165) is 19.3 Å². The Morgan fingerprint density at radius 1 is 1.15 bits per heavy atom. The number of fused-ring (bicyclic) bond motifs is 1. The maximum Gasteiger partial charge on any atom is 0.338 e. The summed E-state index contributed by atoms with van der Waals surface area (Å²) in [6.07, 6.45) is 4.28. The molecule has 0 spiro atoms. The number of phenolic OH excluding ortho intramolecular Hbond substituents is 1. The summed E-state index contributed by atoms with van der Waals surface area (Å²) in [6.45, 7) is 5.55. The summed E-state index contributed by atoms with van der Waals surface area (Å²) < 4.78 is 19.1. The van der Waals surface area contributed by atoms with Crippen LogP contribution < -0.4 is 5.32 Å². The van der Waals surface area contributed by atoms with Gasteiger partial charge in [-0.3, -0.25) is 4.79 Å². The van der Waals surface area contributed by atoms with Crippen molar-refractivity contribution in [3.8, 4) is 5.75 Å². The molecular weight excluding hydrogens is 437 g/mol. The molecule has 2 aromatic carbocycles. The number of halogens is 1. The average Bonchev–Trinajstić information content (AvgIpc) is 3.19. The molecule has 0 radical (unpaired) electrons. The first kappa shape index (κ1) is 24.2. The first-order valence-corrected chi connectivity index (χ1v) is 11.9. The highest BCUT2D eigenvalue weighted by molar-refractivity contribution is 5.99. The number of esters is 1. The van der Waals surface area contributed by atoms with Crippen LogP contribution >= 0.6 is 0 Å². The molecule has 0 bridgehead atoms. The fourth-order valence-electron chi connectivity index (χ4n) is 5.53. The summed E-state index contributed by atoms with van der Waals surface area (Å²) in [4.78, 5) is 25.5. The van der Waals surface area contributed by atoms with Gasteiger partial charge in [-0.05, 0) is 60.6 Å². The molecule has 2 unspecified atom stereocenters. The summed E-state index contributed by atoms with van der Waals surface area (Å²) in [7, 11) is 0. The number of rotatable bonds is 6. The van der Waals surface area contributed by atoms with Gasteiger partial charge in [0.1, 0.15) is 23.8 Å². The lowest BCUT2D eigenvalue weighted by atomic mass is 9.60. The van der Waals surface area contributed by atoms with E-state index in [2.05, 4.69) is 5.32 Å². The van der Waals surface area contributed by atoms with E-state index in [1.54, 1.807) is 25.1 Å². The normalized spacial score (nSPS) is 19.1. The van der Waals surface area contributed by atoms with Crippen molar-refractivity contribution in [2.24, 2.45) is 11.8 Å². The molecule has 7 heteroatoms. The maximum absolute atomic E-state index is 14.1. The number of amides is 1. The predicted molar refractivity (Wildman–Crippen MR) is 126 cm³/mol. The number of aliphatic hydroxyl groups is 1. The van der Waals surface area contributed by atoms with Crippen LogP contribution in [0.2, 0.25) is 0 Å². The van der Waals surface area contributed by atoms with Crippen molar-refractivity contribution in [2.75, 3.05) is 5.32 Å². The van der Waals surface area contributed by atoms with E-state index in [1.165, 1.54) is 18.2 Å². The minimum Gasteiger partial charge on any atom is -0.508 e. The van der Waals surface area contributed by atoms with Gasteiger partial charge in [0.2, 0.25) is 0 Å². The number of hydrogen-bond donors (Lipinski definition) is 3. The lowest BCUT2D eigenvalue weighted by Crippen LogP contribution is -2.59. The topological polar surface area (TPSA) is 95.9 Å². The summed E-state index contributed by atoms with van der Waals surface area (Å²) >= 11 is 0. The van der Waals surface area contributed by atoms with Crippen LogP contribution in [0.15, 0.2) is 36.4 Å². The van der Waals surface area contributed by atoms with Gasteiger partial charge in [-0.2, -0.15) is 0 Å². The molecule has 2 aromatic rings. The maximum atomic E-state index is 14.1. The fraction of sp³-hybridized carbons (Fsp3) is 0.481. The molecule has 3 N–H and O–H groups in total. The summed E-state index contributed by atoms with van der Waals surface area (Å²) in [5, 5.41) is 25.5. The molecule has 0 saturated heterocycles. The Morgan fingerprint density at radius 3 is 2.56 bits per heavy atom. The Bertz CT molecular complexity index is 1110. The lowest BCUT2D eigenvalue weighted by molar-refractivity contribution is -0.154. The van der Waals surface area contributed by atoms with E-state index in [0.29, 0.717) is 35.2 Å². The third-order valence-corrected chi connectivity index (χ3v) is 7.93. The van der Waals surface area contributed by atoms with Gasteiger partial charge in [-0.25, -0.2) is 9.18 Å². The van der Waals surface area contributed by atoms with Crippen molar-refractivity contribution in [1.82, 2.24) is 0 Å². The molecule has 0 aromatic heterocycles. The molecule has 6 nitrogen and oxygen atoms in total. The highest BCUT2D eigenvalue weighted by Crippen LogP contribution is 2.48.